The minimum Gasteiger partial charge on any atom is -0.357 e. The lowest BCUT2D eigenvalue weighted by Gasteiger charge is -2.32. The fraction of sp³-hybridized carbons (Fsp3) is 0.231. The topological polar surface area (TPSA) is 86.8 Å². The normalized spacial score (nSPS) is 12.1. The maximum Gasteiger partial charge on any atom is 0.264 e. The van der Waals surface area contributed by atoms with Crippen LogP contribution >= 0.6 is 34.8 Å². The van der Waals surface area contributed by atoms with Crippen LogP contribution in [0.25, 0.3) is 0 Å². The highest BCUT2D eigenvalue weighted by atomic mass is 35.5. The number of hydrogen-bond donors (Lipinski definition) is 1. The second-order valence-corrected chi connectivity index (χ2v) is 11.4. The minimum atomic E-state index is -4.16. The third kappa shape index (κ3) is 6.76. The second kappa shape index (κ2) is 12.2. The van der Waals surface area contributed by atoms with Gasteiger partial charge < -0.3 is 10.2 Å². The molecule has 37 heavy (non-hydrogen) atoms. The van der Waals surface area contributed by atoms with E-state index in [1.807, 2.05) is 0 Å². The first-order valence-electron chi connectivity index (χ1n) is 11.2. The lowest BCUT2D eigenvalue weighted by molar-refractivity contribution is -0.139. The Morgan fingerprint density at radius 1 is 0.919 bits per heavy atom. The van der Waals surface area contributed by atoms with E-state index in [9.17, 15) is 18.0 Å². The fourth-order valence-electron chi connectivity index (χ4n) is 3.61. The second-order valence-electron chi connectivity index (χ2n) is 8.32. The zero-order valence-corrected chi connectivity index (χ0v) is 23.5. The molecule has 0 bridgehead atoms. The Labute approximate surface area is 232 Å². The van der Waals surface area contributed by atoms with E-state index in [0.29, 0.717) is 20.6 Å². The third-order valence-corrected chi connectivity index (χ3v) is 8.74. The maximum absolute atomic E-state index is 13.7. The van der Waals surface area contributed by atoms with Crippen molar-refractivity contribution in [2.45, 2.75) is 31.3 Å². The average Bonchev–Trinajstić information content (AvgIpc) is 2.89. The molecule has 0 saturated heterocycles. The highest BCUT2D eigenvalue weighted by molar-refractivity contribution is 7.92. The predicted octanol–water partition coefficient (Wildman–Crippen LogP) is 5.31. The molecule has 11 heteroatoms. The molecule has 3 aromatic carbocycles. The standard InChI is InChI=1S/C26H26Cl3N3O4S/c1-17-9-11-20(14-23(17)28)32(37(35,36)21-7-5-4-6-8-21)16-25(33)31(18(2)26(34)30-3)15-19-10-12-22(27)24(29)13-19/h4-14,18H,15-16H2,1-3H3,(H,30,34)/t18-/m0/s1. The number of benzene rings is 3. The molecule has 3 rings (SSSR count). The zero-order chi connectivity index (χ0) is 27.3. The molecule has 0 unspecified atom stereocenters. The number of amides is 2. The summed E-state index contributed by atoms with van der Waals surface area (Å²) in [6.07, 6.45) is 0. The molecule has 0 aliphatic heterocycles. The van der Waals surface area contributed by atoms with Gasteiger partial charge in [-0.1, -0.05) is 65.1 Å². The van der Waals surface area contributed by atoms with Crippen LogP contribution in [0.15, 0.2) is 71.6 Å². The molecule has 0 aliphatic rings. The quantitative estimate of drug-likeness (QED) is 0.370. The molecular weight excluding hydrogens is 557 g/mol. The van der Waals surface area contributed by atoms with Crippen molar-refractivity contribution in [2.75, 3.05) is 17.9 Å². The Hall–Kier alpha value is -2.78. The van der Waals surface area contributed by atoms with Crippen molar-refractivity contribution in [3.8, 4) is 0 Å². The number of aryl methyl sites for hydroxylation is 1. The van der Waals surface area contributed by atoms with Gasteiger partial charge in [0.1, 0.15) is 12.6 Å². The maximum atomic E-state index is 13.7. The molecule has 196 valence electrons. The van der Waals surface area contributed by atoms with E-state index < -0.39 is 34.4 Å². The van der Waals surface area contributed by atoms with Gasteiger partial charge in [-0.15, -0.1) is 0 Å². The first-order valence-corrected chi connectivity index (χ1v) is 13.8. The summed E-state index contributed by atoms with van der Waals surface area (Å²) in [7, 11) is -2.70. The van der Waals surface area contributed by atoms with Crippen molar-refractivity contribution in [1.82, 2.24) is 10.2 Å². The smallest absolute Gasteiger partial charge is 0.264 e. The summed E-state index contributed by atoms with van der Waals surface area (Å²) >= 11 is 18.5. The molecule has 0 heterocycles. The van der Waals surface area contributed by atoms with Crippen LogP contribution < -0.4 is 9.62 Å². The highest BCUT2D eigenvalue weighted by Gasteiger charge is 2.32. The largest absolute Gasteiger partial charge is 0.357 e. The van der Waals surface area contributed by atoms with Crippen molar-refractivity contribution in [3.63, 3.8) is 0 Å². The van der Waals surface area contributed by atoms with Gasteiger partial charge in [0.25, 0.3) is 10.0 Å². The third-order valence-electron chi connectivity index (χ3n) is 5.80. The van der Waals surface area contributed by atoms with E-state index in [1.165, 1.54) is 30.1 Å². The molecule has 7 nitrogen and oxygen atoms in total. The Morgan fingerprint density at radius 2 is 1.59 bits per heavy atom. The van der Waals surface area contributed by atoms with Crippen molar-refractivity contribution in [2.24, 2.45) is 0 Å². The molecule has 0 spiro atoms. The van der Waals surface area contributed by atoms with Gasteiger partial charge in [-0.3, -0.25) is 13.9 Å². The average molecular weight is 583 g/mol. The van der Waals surface area contributed by atoms with Gasteiger partial charge in [-0.05, 0) is 61.4 Å². The number of carbonyl (C=O) groups excluding carboxylic acids is 2. The first kappa shape index (κ1) is 28.8. The van der Waals surface area contributed by atoms with Crippen LogP contribution in [0.5, 0.6) is 0 Å². The minimum absolute atomic E-state index is 0.00180. The van der Waals surface area contributed by atoms with Gasteiger partial charge in [-0.2, -0.15) is 0 Å². The van der Waals surface area contributed by atoms with Crippen LogP contribution in [0.4, 0.5) is 5.69 Å². The van der Waals surface area contributed by atoms with E-state index in [1.54, 1.807) is 62.4 Å². The van der Waals surface area contributed by atoms with Gasteiger partial charge in [0.05, 0.1) is 20.6 Å². The van der Waals surface area contributed by atoms with Crippen LogP contribution in [0.2, 0.25) is 15.1 Å². The number of hydrogen-bond acceptors (Lipinski definition) is 4. The van der Waals surface area contributed by atoms with Crippen LogP contribution in [-0.4, -0.2) is 44.8 Å². The van der Waals surface area contributed by atoms with Crippen molar-refractivity contribution < 1.29 is 18.0 Å². The Bertz CT molecular complexity index is 1400. The molecular formula is C26H26Cl3N3O4S. The molecule has 0 radical (unpaired) electrons. The van der Waals surface area contributed by atoms with Gasteiger partial charge in [0.15, 0.2) is 0 Å². The molecule has 0 aromatic heterocycles. The molecule has 2 amide bonds. The number of rotatable bonds is 9. The number of nitrogens with zero attached hydrogens (tertiary/aromatic N) is 2. The molecule has 0 saturated carbocycles. The van der Waals surface area contributed by atoms with Crippen LogP contribution in [0, 0.1) is 6.92 Å². The summed E-state index contributed by atoms with van der Waals surface area (Å²) in [4.78, 5) is 27.5. The fourth-order valence-corrected chi connectivity index (χ4v) is 5.53. The molecule has 1 atom stereocenters. The van der Waals surface area contributed by atoms with Gasteiger partial charge in [0.2, 0.25) is 11.8 Å². The molecule has 0 aliphatic carbocycles. The number of anilines is 1. The Kier molecular flexibility index (Phi) is 9.47. The molecule has 0 fully saturated rings. The summed E-state index contributed by atoms with van der Waals surface area (Å²) in [5.41, 5.74) is 1.59. The number of likely N-dealkylation sites (N-methyl/N-ethyl adjacent to an activating group) is 1. The van der Waals surface area contributed by atoms with E-state index in [-0.39, 0.29) is 17.1 Å². The SMILES string of the molecule is CNC(=O)[C@H](C)N(Cc1ccc(Cl)c(Cl)c1)C(=O)CN(c1ccc(C)c(Cl)c1)S(=O)(=O)c1ccccc1. The first-order chi connectivity index (χ1) is 17.4. The molecule has 1 N–H and O–H groups in total. The van der Waals surface area contributed by atoms with Gasteiger partial charge in [0, 0.05) is 18.6 Å². The van der Waals surface area contributed by atoms with Gasteiger partial charge >= 0.3 is 0 Å². The number of nitrogens with one attached hydrogen (secondary N) is 1. The predicted molar refractivity (Wildman–Crippen MR) is 148 cm³/mol. The summed E-state index contributed by atoms with van der Waals surface area (Å²) in [6, 6.07) is 16.5. The van der Waals surface area contributed by atoms with Crippen molar-refractivity contribution in [3.05, 3.63) is 92.9 Å². The van der Waals surface area contributed by atoms with Crippen LogP contribution in [0.3, 0.4) is 0 Å². The van der Waals surface area contributed by atoms with Crippen molar-refractivity contribution in [1.29, 1.82) is 0 Å². The van der Waals surface area contributed by atoms with Gasteiger partial charge in [-0.25, -0.2) is 8.42 Å². The lowest BCUT2D eigenvalue weighted by Crippen LogP contribution is -2.50. The van der Waals surface area contributed by atoms with E-state index in [0.717, 1.165) is 9.87 Å². The Morgan fingerprint density at radius 3 is 2.19 bits per heavy atom. The summed E-state index contributed by atoms with van der Waals surface area (Å²) in [5, 5.41) is 3.52. The number of carbonyl (C=O) groups is 2. The summed E-state index contributed by atoms with van der Waals surface area (Å²) in [5.74, 6) is -1.01. The van der Waals surface area contributed by atoms with E-state index in [2.05, 4.69) is 5.32 Å². The monoisotopic (exact) mass is 581 g/mol. The van der Waals surface area contributed by atoms with Crippen LogP contribution in [-0.2, 0) is 26.2 Å². The lowest BCUT2D eigenvalue weighted by atomic mass is 10.1. The van der Waals surface area contributed by atoms with Crippen LogP contribution in [0.1, 0.15) is 18.1 Å². The summed E-state index contributed by atoms with van der Waals surface area (Å²) < 4.78 is 28.4. The molecule has 3 aromatic rings. The Balaban J connectivity index is 2.05. The van der Waals surface area contributed by atoms with E-state index >= 15 is 0 Å². The number of halogens is 3. The van der Waals surface area contributed by atoms with Crippen molar-refractivity contribution >= 4 is 62.3 Å². The summed E-state index contributed by atoms with van der Waals surface area (Å²) in [6.45, 7) is 2.78. The van der Waals surface area contributed by atoms with E-state index in [4.69, 9.17) is 34.8 Å². The number of sulfonamides is 1. The zero-order valence-electron chi connectivity index (χ0n) is 20.4. The highest BCUT2D eigenvalue weighted by Crippen LogP contribution is 2.29.